The summed E-state index contributed by atoms with van der Waals surface area (Å²) in [5, 5.41) is 37.6. The van der Waals surface area contributed by atoms with Gasteiger partial charge in [-0.2, -0.15) is 0 Å². The molecule has 3 unspecified atom stereocenters. The number of fused-ring (bicyclic) bond motifs is 1. The predicted molar refractivity (Wildman–Crippen MR) is 136 cm³/mol. The summed E-state index contributed by atoms with van der Waals surface area (Å²) in [6.07, 6.45) is -0.300. The molecular weight excluding hydrogens is 468 g/mol. The largest absolute Gasteiger partial charge is 0.388 e. The number of thioether (sulfide) groups is 1. The Labute approximate surface area is 211 Å². The fraction of sp³-hybridized carbons (Fsp3) is 0.654. The Balaban J connectivity index is 1.44. The van der Waals surface area contributed by atoms with Crippen LogP contribution in [0, 0.1) is 18.8 Å². The van der Waals surface area contributed by atoms with Gasteiger partial charge in [0.2, 0.25) is 5.91 Å². The van der Waals surface area contributed by atoms with E-state index in [1.54, 1.807) is 6.26 Å². The highest BCUT2D eigenvalue weighted by Gasteiger charge is 2.49. The third-order valence-electron chi connectivity index (χ3n) is 7.42. The van der Waals surface area contributed by atoms with Gasteiger partial charge < -0.3 is 35.4 Å². The van der Waals surface area contributed by atoms with Gasteiger partial charge in [0.25, 0.3) is 0 Å². The zero-order valence-electron chi connectivity index (χ0n) is 20.8. The van der Waals surface area contributed by atoms with Gasteiger partial charge >= 0.3 is 0 Å². The van der Waals surface area contributed by atoms with E-state index in [0.717, 1.165) is 6.42 Å². The molecule has 8 nitrogen and oxygen atoms in total. The maximum absolute atomic E-state index is 13.4. The van der Waals surface area contributed by atoms with Crippen LogP contribution in [-0.2, 0) is 14.3 Å². The highest BCUT2D eigenvalue weighted by atomic mass is 32.2. The van der Waals surface area contributed by atoms with Crippen LogP contribution in [0.25, 0.3) is 5.57 Å². The molecule has 0 spiro atoms. The Hall–Kier alpha value is -1.46. The zero-order chi connectivity index (χ0) is 25.3. The highest BCUT2D eigenvalue weighted by molar-refractivity contribution is 7.99. The summed E-state index contributed by atoms with van der Waals surface area (Å²) in [5.41, 5.74) is 2.94. The molecule has 1 aromatic rings. The molecule has 5 N–H and O–H groups in total. The Morgan fingerprint density at radius 2 is 1.86 bits per heavy atom. The number of aliphatic hydroxyl groups excluding tert-OH is 3. The smallest absolute Gasteiger partial charge is 0.240 e. The number of carbonyl (C=O) groups excluding carboxylic acids is 1. The molecule has 2 fully saturated rings. The summed E-state index contributed by atoms with van der Waals surface area (Å²) in [7, 11) is 0. The number of hydrogen-bond donors (Lipinski definition) is 5. The molecule has 2 saturated heterocycles. The van der Waals surface area contributed by atoms with Gasteiger partial charge in [-0.3, -0.25) is 4.79 Å². The molecule has 0 aliphatic carbocycles. The maximum atomic E-state index is 13.4. The minimum Gasteiger partial charge on any atom is -0.388 e. The predicted octanol–water partition coefficient (Wildman–Crippen LogP) is 1.07. The van der Waals surface area contributed by atoms with Crippen LogP contribution in [0.1, 0.15) is 31.4 Å². The molecule has 194 valence electrons. The third kappa shape index (κ3) is 5.61. The molecule has 35 heavy (non-hydrogen) atoms. The van der Waals surface area contributed by atoms with E-state index < -0.39 is 41.9 Å². The SMILES string of the molecule is CSC1O[C@H]([C@H](NC(=O)[C@H]2NC[C@@H]3CC(c4ccc(C)cc4)=CCO[C@H]32)C(C)C)C(O)C(O)[C@H]1O. The maximum Gasteiger partial charge on any atom is 0.240 e. The van der Waals surface area contributed by atoms with Crippen LogP contribution in [0.15, 0.2) is 30.3 Å². The van der Waals surface area contributed by atoms with E-state index >= 15 is 0 Å². The second kappa shape index (κ2) is 11.3. The molecule has 1 amide bonds. The van der Waals surface area contributed by atoms with Crippen molar-refractivity contribution in [1.29, 1.82) is 0 Å². The number of aliphatic hydroxyl groups is 3. The molecule has 0 bridgehead atoms. The highest BCUT2D eigenvalue weighted by Crippen LogP contribution is 2.34. The lowest BCUT2D eigenvalue weighted by molar-refractivity contribution is -0.208. The molecule has 1 aromatic carbocycles. The van der Waals surface area contributed by atoms with Crippen molar-refractivity contribution >= 4 is 23.2 Å². The summed E-state index contributed by atoms with van der Waals surface area (Å²) in [6.45, 7) is 7.03. The number of carbonyl (C=O) groups is 1. The van der Waals surface area contributed by atoms with E-state index in [0.29, 0.717) is 13.2 Å². The molecule has 9 atom stereocenters. The van der Waals surface area contributed by atoms with Gasteiger partial charge in [-0.25, -0.2) is 0 Å². The first-order chi connectivity index (χ1) is 16.7. The van der Waals surface area contributed by atoms with Gasteiger partial charge in [-0.05, 0) is 36.7 Å². The summed E-state index contributed by atoms with van der Waals surface area (Å²) < 4.78 is 12.1. The van der Waals surface area contributed by atoms with Crippen LogP contribution in [0.4, 0.5) is 0 Å². The average molecular weight is 507 g/mol. The summed E-state index contributed by atoms with van der Waals surface area (Å²) in [5.74, 6) is -0.134. The number of allylic oxidation sites excluding steroid dienone is 1. The van der Waals surface area contributed by atoms with E-state index in [1.165, 1.54) is 28.5 Å². The molecule has 3 aliphatic rings. The van der Waals surface area contributed by atoms with Gasteiger partial charge in [0.05, 0.1) is 18.8 Å². The Bertz CT molecular complexity index is 908. The van der Waals surface area contributed by atoms with Crippen molar-refractivity contribution in [3.63, 3.8) is 0 Å². The van der Waals surface area contributed by atoms with Crippen LogP contribution < -0.4 is 10.6 Å². The second-order valence-corrected chi connectivity index (χ2v) is 11.1. The van der Waals surface area contributed by atoms with E-state index in [9.17, 15) is 20.1 Å². The lowest BCUT2D eigenvalue weighted by atomic mass is 9.88. The van der Waals surface area contributed by atoms with E-state index in [4.69, 9.17) is 9.47 Å². The standard InChI is InChI=1S/C26H38N2O6S/c1-13(2)18(24-21(30)20(29)22(31)26(34-24)35-4)28-25(32)19-23-17(12-27-19)11-16(9-10-33-23)15-7-5-14(3)6-8-15/h5-9,13,17-24,26-27,29-31H,10-12H2,1-4H3,(H,28,32)/t17-,18+,19-,20?,21?,22+,23+,24+,26?/m0/s1. The van der Waals surface area contributed by atoms with E-state index in [-0.39, 0.29) is 23.8 Å². The quantitative estimate of drug-likeness (QED) is 0.389. The van der Waals surface area contributed by atoms with Crippen molar-refractivity contribution < 1.29 is 29.6 Å². The van der Waals surface area contributed by atoms with Crippen LogP contribution in [0.3, 0.4) is 0 Å². The van der Waals surface area contributed by atoms with Gasteiger partial charge in [-0.1, -0.05) is 49.8 Å². The zero-order valence-corrected chi connectivity index (χ0v) is 21.6. The number of aryl methyl sites for hydroxylation is 1. The van der Waals surface area contributed by atoms with Gasteiger partial charge in [0.15, 0.2) is 0 Å². The van der Waals surface area contributed by atoms with Crippen molar-refractivity contribution in [2.75, 3.05) is 19.4 Å². The number of benzene rings is 1. The normalized spacial score (nSPS) is 36.3. The number of rotatable bonds is 6. The topological polar surface area (TPSA) is 120 Å². The van der Waals surface area contributed by atoms with Gasteiger partial charge in [0.1, 0.15) is 35.9 Å². The van der Waals surface area contributed by atoms with Gasteiger partial charge in [0, 0.05) is 12.5 Å². The first kappa shape index (κ1) is 26.6. The Morgan fingerprint density at radius 1 is 1.14 bits per heavy atom. The van der Waals surface area contributed by atoms with Crippen LogP contribution in [-0.4, -0.2) is 88.7 Å². The molecule has 0 saturated carbocycles. The molecule has 0 aromatic heterocycles. The van der Waals surface area contributed by atoms with Crippen LogP contribution in [0.5, 0.6) is 0 Å². The molecule has 4 rings (SSSR count). The number of amides is 1. The third-order valence-corrected chi connectivity index (χ3v) is 8.27. The molecule has 9 heteroatoms. The molecule has 3 heterocycles. The first-order valence-corrected chi connectivity index (χ1v) is 13.6. The summed E-state index contributed by atoms with van der Waals surface area (Å²) in [6, 6.07) is 7.39. The second-order valence-electron chi connectivity index (χ2n) is 10.2. The van der Waals surface area contributed by atoms with Crippen LogP contribution in [0.2, 0.25) is 0 Å². The fourth-order valence-electron chi connectivity index (χ4n) is 5.32. The average Bonchev–Trinajstić information content (AvgIpc) is 3.12. The number of ether oxygens (including phenoxy) is 2. The Kier molecular flexibility index (Phi) is 8.58. The Morgan fingerprint density at radius 3 is 2.51 bits per heavy atom. The monoisotopic (exact) mass is 506 g/mol. The van der Waals surface area contributed by atoms with Crippen molar-refractivity contribution in [2.45, 2.75) is 75.2 Å². The lowest BCUT2D eigenvalue weighted by Crippen LogP contribution is -2.65. The van der Waals surface area contributed by atoms with Crippen molar-refractivity contribution in [2.24, 2.45) is 11.8 Å². The van der Waals surface area contributed by atoms with Crippen molar-refractivity contribution in [3.8, 4) is 0 Å². The summed E-state index contributed by atoms with van der Waals surface area (Å²) >= 11 is 1.26. The van der Waals surface area contributed by atoms with Crippen LogP contribution >= 0.6 is 11.8 Å². The van der Waals surface area contributed by atoms with E-state index in [2.05, 4.69) is 47.9 Å². The lowest BCUT2D eigenvalue weighted by Gasteiger charge is -2.44. The number of nitrogens with one attached hydrogen (secondary N) is 2. The molecule has 3 aliphatic heterocycles. The van der Waals surface area contributed by atoms with Crippen molar-refractivity contribution in [1.82, 2.24) is 10.6 Å². The van der Waals surface area contributed by atoms with Gasteiger partial charge in [-0.15, -0.1) is 11.8 Å². The summed E-state index contributed by atoms with van der Waals surface area (Å²) in [4.78, 5) is 13.4. The van der Waals surface area contributed by atoms with E-state index in [1.807, 2.05) is 13.8 Å². The minimum absolute atomic E-state index is 0.0781. The minimum atomic E-state index is -1.35. The first-order valence-electron chi connectivity index (χ1n) is 12.3. The molecular formula is C26H38N2O6S. The fourth-order valence-corrected chi connectivity index (χ4v) is 6.00. The molecule has 0 radical (unpaired) electrons. The van der Waals surface area contributed by atoms with Crippen molar-refractivity contribution in [3.05, 3.63) is 41.5 Å². The number of hydrogen-bond acceptors (Lipinski definition) is 8.